The summed E-state index contributed by atoms with van der Waals surface area (Å²) in [5.41, 5.74) is 1.32. The number of anilines is 1. The fraction of sp³-hybridized carbons (Fsp3) is 0.385. The van der Waals surface area contributed by atoms with Crippen molar-refractivity contribution in [1.82, 2.24) is 4.98 Å². The molecule has 1 N–H and O–H groups in total. The number of oxazole rings is 1. The molecule has 0 aliphatic carbocycles. The molecular weight excluding hydrogens is 248 g/mol. The summed E-state index contributed by atoms with van der Waals surface area (Å²) in [6.45, 7) is 1.43. The summed E-state index contributed by atoms with van der Waals surface area (Å²) in [6.07, 6.45) is 0.867. The number of hydrogen-bond acceptors (Lipinski definition) is 5. The highest BCUT2D eigenvalue weighted by atomic mass is 16.5. The van der Waals surface area contributed by atoms with E-state index in [0.717, 1.165) is 13.0 Å². The molecule has 1 aromatic heterocycles. The second-order valence-corrected chi connectivity index (χ2v) is 4.25. The number of benzene rings is 1. The number of rotatable bonds is 6. The molecule has 0 unspecified atom stereocenters. The lowest BCUT2D eigenvalue weighted by Crippen LogP contribution is -2.19. The molecule has 6 nitrogen and oxygen atoms in total. The Morgan fingerprint density at radius 1 is 1.53 bits per heavy atom. The fourth-order valence-corrected chi connectivity index (χ4v) is 1.75. The Balaban J connectivity index is 2.18. The number of aromatic nitrogens is 1. The third-order valence-electron chi connectivity index (χ3n) is 2.79. The van der Waals surface area contributed by atoms with E-state index >= 15 is 0 Å². The van der Waals surface area contributed by atoms with Crippen molar-refractivity contribution in [2.24, 2.45) is 0 Å². The van der Waals surface area contributed by atoms with Gasteiger partial charge < -0.3 is 19.2 Å². The molecule has 0 aliphatic heterocycles. The van der Waals surface area contributed by atoms with Crippen LogP contribution in [0.4, 0.5) is 6.01 Å². The van der Waals surface area contributed by atoms with Gasteiger partial charge in [-0.3, -0.25) is 0 Å². The zero-order valence-corrected chi connectivity index (χ0v) is 10.9. The Morgan fingerprint density at radius 2 is 2.32 bits per heavy atom. The van der Waals surface area contributed by atoms with Gasteiger partial charge in [0.25, 0.3) is 6.01 Å². The van der Waals surface area contributed by atoms with Crippen LogP contribution in [-0.2, 0) is 4.74 Å². The van der Waals surface area contributed by atoms with Crippen molar-refractivity contribution in [1.29, 1.82) is 0 Å². The van der Waals surface area contributed by atoms with Crippen molar-refractivity contribution in [3.8, 4) is 0 Å². The molecule has 102 valence electrons. The number of carboxylic acids is 1. The molecule has 0 radical (unpaired) electrons. The van der Waals surface area contributed by atoms with E-state index in [1.165, 1.54) is 12.1 Å². The van der Waals surface area contributed by atoms with Crippen molar-refractivity contribution in [2.45, 2.75) is 6.42 Å². The van der Waals surface area contributed by atoms with Gasteiger partial charge in [-0.05, 0) is 24.6 Å². The zero-order valence-electron chi connectivity index (χ0n) is 10.9. The summed E-state index contributed by atoms with van der Waals surface area (Å²) in [5, 5.41) is 8.92. The molecular formula is C13H16N2O4. The molecule has 1 heterocycles. The fourth-order valence-electron chi connectivity index (χ4n) is 1.75. The quantitative estimate of drug-likeness (QED) is 0.804. The summed E-state index contributed by atoms with van der Waals surface area (Å²) in [7, 11) is 3.53. The predicted molar refractivity (Wildman–Crippen MR) is 70.7 cm³/mol. The number of methoxy groups -OCH3 is 1. The summed E-state index contributed by atoms with van der Waals surface area (Å²) < 4.78 is 10.5. The summed E-state index contributed by atoms with van der Waals surface area (Å²) in [5.74, 6) is -0.978. The maximum absolute atomic E-state index is 10.9. The predicted octanol–water partition coefficient (Wildman–Crippen LogP) is 2.00. The number of aromatic carboxylic acids is 1. The lowest BCUT2D eigenvalue weighted by atomic mass is 10.2. The van der Waals surface area contributed by atoms with E-state index in [-0.39, 0.29) is 5.56 Å². The van der Waals surface area contributed by atoms with Gasteiger partial charge in [-0.2, -0.15) is 4.98 Å². The molecule has 2 aromatic rings. The SMILES string of the molecule is COCCCN(C)c1nc2ccc(C(=O)O)cc2o1. The number of fused-ring (bicyclic) bond motifs is 1. The lowest BCUT2D eigenvalue weighted by molar-refractivity contribution is 0.0697. The highest BCUT2D eigenvalue weighted by Gasteiger charge is 2.12. The topological polar surface area (TPSA) is 75.8 Å². The third-order valence-corrected chi connectivity index (χ3v) is 2.79. The standard InChI is InChI=1S/C13H16N2O4/c1-15(6-3-7-18-2)13-14-10-5-4-9(12(16)17)8-11(10)19-13/h4-5,8H,3,6-7H2,1-2H3,(H,16,17). The van der Waals surface area contributed by atoms with Crippen LogP contribution in [0.5, 0.6) is 0 Å². The summed E-state index contributed by atoms with van der Waals surface area (Å²) in [6, 6.07) is 5.13. The van der Waals surface area contributed by atoms with Crippen LogP contribution in [0.3, 0.4) is 0 Å². The van der Waals surface area contributed by atoms with E-state index in [4.69, 9.17) is 14.3 Å². The number of hydrogen-bond donors (Lipinski definition) is 1. The first-order valence-electron chi connectivity index (χ1n) is 5.96. The number of ether oxygens (including phenoxy) is 1. The molecule has 0 saturated heterocycles. The van der Waals surface area contributed by atoms with Gasteiger partial charge in [-0.25, -0.2) is 4.79 Å². The van der Waals surface area contributed by atoms with Crippen molar-refractivity contribution in [3.63, 3.8) is 0 Å². The molecule has 2 rings (SSSR count). The first kappa shape index (κ1) is 13.4. The second-order valence-electron chi connectivity index (χ2n) is 4.25. The Morgan fingerprint density at radius 3 is 3.00 bits per heavy atom. The zero-order chi connectivity index (χ0) is 13.8. The minimum atomic E-state index is -0.978. The van der Waals surface area contributed by atoms with Gasteiger partial charge in [0.05, 0.1) is 5.56 Å². The Hall–Kier alpha value is -2.08. The molecule has 0 atom stereocenters. The van der Waals surface area contributed by atoms with Gasteiger partial charge in [0.1, 0.15) is 5.52 Å². The van der Waals surface area contributed by atoms with Gasteiger partial charge >= 0.3 is 5.97 Å². The third kappa shape index (κ3) is 3.03. The van der Waals surface area contributed by atoms with E-state index in [9.17, 15) is 4.79 Å². The van der Waals surface area contributed by atoms with Gasteiger partial charge in [-0.15, -0.1) is 0 Å². The van der Waals surface area contributed by atoms with Crippen LogP contribution in [-0.4, -0.2) is 43.4 Å². The van der Waals surface area contributed by atoms with Crippen molar-refractivity contribution in [3.05, 3.63) is 23.8 Å². The lowest BCUT2D eigenvalue weighted by Gasteiger charge is -2.13. The summed E-state index contributed by atoms with van der Waals surface area (Å²) in [4.78, 5) is 17.1. The van der Waals surface area contributed by atoms with Crippen LogP contribution in [0.15, 0.2) is 22.6 Å². The normalized spacial score (nSPS) is 10.8. The second kappa shape index (κ2) is 5.71. The van der Waals surface area contributed by atoms with Crippen LogP contribution < -0.4 is 4.90 Å². The number of nitrogens with zero attached hydrogens (tertiary/aromatic N) is 2. The molecule has 0 bridgehead atoms. The van der Waals surface area contributed by atoms with Crippen molar-refractivity contribution >= 4 is 23.1 Å². The van der Waals surface area contributed by atoms with Crippen LogP contribution in [0.1, 0.15) is 16.8 Å². The first-order valence-corrected chi connectivity index (χ1v) is 5.96. The van der Waals surface area contributed by atoms with E-state index in [0.29, 0.717) is 23.7 Å². The first-order chi connectivity index (χ1) is 9.11. The minimum Gasteiger partial charge on any atom is -0.478 e. The Kier molecular flexibility index (Phi) is 4.01. The van der Waals surface area contributed by atoms with E-state index in [2.05, 4.69) is 4.98 Å². The van der Waals surface area contributed by atoms with Crippen molar-refractivity contribution in [2.75, 3.05) is 32.2 Å². The van der Waals surface area contributed by atoms with E-state index in [1.54, 1.807) is 13.2 Å². The highest BCUT2D eigenvalue weighted by molar-refractivity contribution is 5.92. The van der Waals surface area contributed by atoms with E-state index < -0.39 is 5.97 Å². The Labute approximate surface area is 110 Å². The maximum atomic E-state index is 10.9. The van der Waals surface area contributed by atoms with Crippen LogP contribution in [0.2, 0.25) is 0 Å². The molecule has 1 aromatic carbocycles. The minimum absolute atomic E-state index is 0.192. The molecule has 0 spiro atoms. The Bertz CT molecular complexity index is 579. The van der Waals surface area contributed by atoms with Gasteiger partial charge in [0.2, 0.25) is 0 Å². The number of carbonyl (C=O) groups is 1. The molecule has 0 fully saturated rings. The van der Waals surface area contributed by atoms with E-state index in [1.807, 2.05) is 11.9 Å². The average Bonchev–Trinajstić information content (AvgIpc) is 2.81. The van der Waals surface area contributed by atoms with Crippen molar-refractivity contribution < 1.29 is 19.1 Å². The van der Waals surface area contributed by atoms with Crippen LogP contribution >= 0.6 is 0 Å². The molecule has 0 amide bonds. The van der Waals surface area contributed by atoms with Gasteiger partial charge in [-0.1, -0.05) is 0 Å². The van der Waals surface area contributed by atoms with Gasteiger partial charge in [0, 0.05) is 27.3 Å². The number of carboxylic acid groups (broad SMARTS) is 1. The smallest absolute Gasteiger partial charge is 0.335 e. The molecule has 0 aliphatic rings. The highest BCUT2D eigenvalue weighted by Crippen LogP contribution is 2.22. The van der Waals surface area contributed by atoms with Crippen LogP contribution in [0.25, 0.3) is 11.1 Å². The maximum Gasteiger partial charge on any atom is 0.335 e. The monoisotopic (exact) mass is 264 g/mol. The molecule has 0 saturated carbocycles. The van der Waals surface area contributed by atoms with Gasteiger partial charge in [0.15, 0.2) is 5.58 Å². The molecule has 19 heavy (non-hydrogen) atoms. The summed E-state index contributed by atoms with van der Waals surface area (Å²) >= 11 is 0. The average molecular weight is 264 g/mol. The van der Waals surface area contributed by atoms with Crippen LogP contribution in [0, 0.1) is 0 Å². The molecule has 6 heteroatoms. The largest absolute Gasteiger partial charge is 0.478 e.